The quantitative estimate of drug-likeness (QED) is 0.630. The minimum absolute atomic E-state index is 0.582. The van der Waals surface area contributed by atoms with Gasteiger partial charge in [-0.25, -0.2) is 0 Å². The van der Waals surface area contributed by atoms with Crippen molar-refractivity contribution in [3.63, 3.8) is 0 Å². The third kappa shape index (κ3) is 1.13. The minimum atomic E-state index is 0.582. The van der Waals surface area contributed by atoms with Crippen molar-refractivity contribution in [3.05, 3.63) is 29.9 Å². The number of hydrogen-bond donors (Lipinski definition) is 0. The highest BCUT2D eigenvalue weighted by Crippen LogP contribution is 2.28. The zero-order valence-electron chi connectivity index (χ0n) is 7.20. The first-order chi connectivity index (χ1) is 5.92. The third-order valence-electron chi connectivity index (χ3n) is 2.33. The van der Waals surface area contributed by atoms with E-state index < -0.39 is 0 Å². The summed E-state index contributed by atoms with van der Waals surface area (Å²) in [6.45, 7) is 2.20. The molecule has 62 valence electrons. The topological polar surface area (TPSA) is 25.8 Å². The van der Waals surface area contributed by atoms with Crippen molar-refractivity contribution in [3.8, 4) is 0 Å². The molecule has 0 aromatic carbocycles. The van der Waals surface area contributed by atoms with Crippen LogP contribution in [-0.4, -0.2) is 9.97 Å². The lowest BCUT2D eigenvalue weighted by atomic mass is 9.92. The van der Waals surface area contributed by atoms with Gasteiger partial charge in [-0.05, 0) is 18.9 Å². The lowest BCUT2D eigenvalue weighted by Gasteiger charge is -2.17. The van der Waals surface area contributed by atoms with Crippen molar-refractivity contribution >= 4 is 6.08 Å². The molecule has 1 unspecified atom stereocenters. The predicted molar refractivity (Wildman–Crippen MR) is 48.7 cm³/mol. The first-order valence-corrected chi connectivity index (χ1v) is 4.39. The van der Waals surface area contributed by atoms with Gasteiger partial charge >= 0.3 is 0 Å². The normalized spacial score (nSPS) is 20.6. The van der Waals surface area contributed by atoms with E-state index in [0.29, 0.717) is 5.92 Å². The molecule has 12 heavy (non-hydrogen) atoms. The van der Waals surface area contributed by atoms with E-state index in [4.69, 9.17) is 0 Å². The molecule has 0 aliphatic heterocycles. The van der Waals surface area contributed by atoms with Crippen LogP contribution < -0.4 is 0 Å². The Morgan fingerprint density at radius 1 is 1.42 bits per heavy atom. The summed E-state index contributed by atoms with van der Waals surface area (Å²) in [4.78, 5) is 8.63. The molecule has 2 nitrogen and oxygen atoms in total. The molecule has 0 saturated carbocycles. The lowest BCUT2D eigenvalue weighted by Crippen LogP contribution is -2.06. The molecule has 2 heteroatoms. The molecule has 0 spiro atoms. The minimum Gasteiger partial charge on any atom is -0.257 e. The van der Waals surface area contributed by atoms with E-state index in [2.05, 4.69) is 29.0 Å². The summed E-state index contributed by atoms with van der Waals surface area (Å²) in [5.74, 6) is 0.582. The van der Waals surface area contributed by atoms with E-state index in [9.17, 15) is 0 Å². The van der Waals surface area contributed by atoms with E-state index in [1.165, 1.54) is 5.69 Å². The van der Waals surface area contributed by atoms with Crippen LogP contribution >= 0.6 is 0 Å². The molecule has 1 aliphatic carbocycles. The molecule has 0 fully saturated rings. The molecular formula is C10H12N2. The Hall–Kier alpha value is -1.18. The van der Waals surface area contributed by atoms with Gasteiger partial charge in [0.1, 0.15) is 0 Å². The number of nitrogens with zero attached hydrogens (tertiary/aromatic N) is 2. The standard InChI is InChI=1S/C10H12N2/c1-2-8-4-3-5-9-10(8)12-7-6-11-9/h3,5-8H,2,4H2,1H3. The van der Waals surface area contributed by atoms with E-state index >= 15 is 0 Å². The summed E-state index contributed by atoms with van der Waals surface area (Å²) in [7, 11) is 0. The number of fused-ring (bicyclic) bond motifs is 1. The maximum atomic E-state index is 4.36. The fourth-order valence-corrected chi connectivity index (χ4v) is 1.62. The summed E-state index contributed by atoms with van der Waals surface area (Å²) in [5.41, 5.74) is 2.22. The van der Waals surface area contributed by atoms with Crippen molar-refractivity contribution in [2.75, 3.05) is 0 Å². The van der Waals surface area contributed by atoms with Crippen LogP contribution in [0.5, 0.6) is 0 Å². The van der Waals surface area contributed by atoms with Crippen LogP contribution in [0.1, 0.15) is 37.1 Å². The zero-order valence-corrected chi connectivity index (χ0v) is 7.20. The summed E-state index contributed by atoms with van der Waals surface area (Å²) < 4.78 is 0. The Kier molecular flexibility index (Phi) is 1.90. The largest absolute Gasteiger partial charge is 0.257 e. The van der Waals surface area contributed by atoms with E-state index in [1.807, 2.05) is 0 Å². The highest BCUT2D eigenvalue weighted by atomic mass is 14.8. The summed E-state index contributed by atoms with van der Waals surface area (Å²) in [6.07, 6.45) is 10.0. The SMILES string of the molecule is CCC1CC=Cc2nccnc21. The zero-order chi connectivity index (χ0) is 8.39. The second kappa shape index (κ2) is 3.05. The van der Waals surface area contributed by atoms with Gasteiger partial charge in [0.15, 0.2) is 0 Å². The smallest absolute Gasteiger partial charge is 0.0844 e. The lowest BCUT2D eigenvalue weighted by molar-refractivity contribution is 0.641. The molecule has 0 amide bonds. The first-order valence-electron chi connectivity index (χ1n) is 4.39. The van der Waals surface area contributed by atoms with Crippen molar-refractivity contribution in [1.29, 1.82) is 0 Å². The highest BCUT2D eigenvalue weighted by Gasteiger charge is 2.16. The molecule has 2 rings (SSSR count). The van der Waals surface area contributed by atoms with Crippen molar-refractivity contribution in [1.82, 2.24) is 9.97 Å². The molecule has 1 aromatic rings. The van der Waals surface area contributed by atoms with Crippen LogP contribution in [0.4, 0.5) is 0 Å². The second-order valence-electron chi connectivity index (χ2n) is 3.07. The van der Waals surface area contributed by atoms with Gasteiger partial charge in [-0.3, -0.25) is 9.97 Å². The van der Waals surface area contributed by atoms with Crippen LogP contribution in [-0.2, 0) is 0 Å². The van der Waals surface area contributed by atoms with Crippen LogP contribution in [0, 0.1) is 0 Å². The Labute approximate surface area is 72.4 Å². The molecule has 1 aliphatic rings. The highest BCUT2D eigenvalue weighted by molar-refractivity contribution is 5.50. The Balaban J connectivity index is 2.45. The Morgan fingerprint density at radius 2 is 2.25 bits per heavy atom. The van der Waals surface area contributed by atoms with E-state index in [0.717, 1.165) is 18.5 Å². The molecule has 0 bridgehead atoms. The van der Waals surface area contributed by atoms with E-state index in [-0.39, 0.29) is 0 Å². The van der Waals surface area contributed by atoms with Gasteiger partial charge in [-0.15, -0.1) is 0 Å². The third-order valence-corrected chi connectivity index (χ3v) is 2.33. The molecule has 0 radical (unpaired) electrons. The van der Waals surface area contributed by atoms with Crippen LogP contribution in [0.15, 0.2) is 18.5 Å². The summed E-state index contributed by atoms with van der Waals surface area (Å²) in [5, 5.41) is 0. The molecule has 1 aromatic heterocycles. The first kappa shape index (κ1) is 7.47. The summed E-state index contributed by atoms with van der Waals surface area (Å²) >= 11 is 0. The van der Waals surface area contributed by atoms with E-state index in [1.54, 1.807) is 12.4 Å². The van der Waals surface area contributed by atoms with Gasteiger partial charge in [0.25, 0.3) is 0 Å². The van der Waals surface area contributed by atoms with Crippen LogP contribution in [0.25, 0.3) is 6.08 Å². The number of allylic oxidation sites excluding steroid dienone is 1. The fourth-order valence-electron chi connectivity index (χ4n) is 1.62. The number of hydrogen-bond acceptors (Lipinski definition) is 2. The van der Waals surface area contributed by atoms with Crippen molar-refractivity contribution < 1.29 is 0 Å². The number of rotatable bonds is 1. The Morgan fingerprint density at radius 3 is 3.08 bits per heavy atom. The van der Waals surface area contributed by atoms with Gasteiger partial charge in [0.2, 0.25) is 0 Å². The van der Waals surface area contributed by atoms with Gasteiger partial charge < -0.3 is 0 Å². The van der Waals surface area contributed by atoms with Gasteiger partial charge in [0, 0.05) is 18.3 Å². The van der Waals surface area contributed by atoms with Gasteiger partial charge in [0.05, 0.1) is 11.4 Å². The van der Waals surface area contributed by atoms with Gasteiger partial charge in [-0.2, -0.15) is 0 Å². The fraction of sp³-hybridized carbons (Fsp3) is 0.400. The average molecular weight is 160 g/mol. The molecule has 0 N–H and O–H groups in total. The van der Waals surface area contributed by atoms with Crippen LogP contribution in [0.2, 0.25) is 0 Å². The molecular weight excluding hydrogens is 148 g/mol. The van der Waals surface area contributed by atoms with Gasteiger partial charge in [-0.1, -0.05) is 13.0 Å². The molecule has 1 heterocycles. The maximum absolute atomic E-state index is 4.36. The average Bonchev–Trinajstić information content (AvgIpc) is 2.17. The summed E-state index contributed by atoms with van der Waals surface area (Å²) in [6, 6.07) is 0. The maximum Gasteiger partial charge on any atom is 0.0844 e. The van der Waals surface area contributed by atoms with Crippen molar-refractivity contribution in [2.45, 2.75) is 25.7 Å². The monoisotopic (exact) mass is 160 g/mol. The second-order valence-corrected chi connectivity index (χ2v) is 3.07. The molecule has 1 atom stereocenters. The van der Waals surface area contributed by atoms with Crippen molar-refractivity contribution in [2.24, 2.45) is 0 Å². The Bertz CT molecular complexity index is 304. The van der Waals surface area contributed by atoms with Crippen LogP contribution in [0.3, 0.4) is 0 Å². The molecule has 0 saturated heterocycles. The number of aromatic nitrogens is 2. The predicted octanol–water partition coefficient (Wildman–Crippen LogP) is 2.39.